The van der Waals surface area contributed by atoms with E-state index in [4.69, 9.17) is 0 Å². The Labute approximate surface area is 105 Å². The molecule has 0 atom stereocenters. The van der Waals surface area contributed by atoms with Crippen molar-refractivity contribution in [3.05, 3.63) is 22.7 Å². The molecule has 3 nitrogen and oxygen atoms in total. The molecule has 0 aliphatic rings. The first-order valence-corrected chi connectivity index (χ1v) is 5.36. The lowest BCUT2D eigenvalue weighted by molar-refractivity contribution is -0.167. The molecule has 0 unspecified atom stereocenters. The molecular formula is C10H10BrF3N2O. The van der Waals surface area contributed by atoms with Gasteiger partial charge in [-0.05, 0) is 34.1 Å². The molecule has 17 heavy (non-hydrogen) atoms. The number of anilines is 2. The Balaban J connectivity index is 2.91. The van der Waals surface area contributed by atoms with Crippen molar-refractivity contribution in [3.63, 3.8) is 0 Å². The fourth-order valence-electron chi connectivity index (χ4n) is 1.08. The van der Waals surface area contributed by atoms with Crippen molar-refractivity contribution in [3.8, 4) is 0 Å². The van der Waals surface area contributed by atoms with Crippen LogP contribution in [0, 0.1) is 0 Å². The zero-order chi connectivity index (χ0) is 13.2. The van der Waals surface area contributed by atoms with E-state index in [1.54, 1.807) is 36.4 Å². The lowest BCUT2D eigenvalue weighted by Crippen LogP contribution is -2.30. The van der Waals surface area contributed by atoms with Gasteiger partial charge in [0.25, 0.3) is 0 Å². The number of hydrogen-bond donors (Lipinski definition) is 1. The van der Waals surface area contributed by atoms with E-state index in [1.807, 2.05) is 0 Å². The van der Waals surface area contributed by atoms with Crippen molar-refractivity contribution in [2.24, 2.45) is 0 Å². The molecule has 1 aromatic carbocycles. The summed E-state index contributed by atoms with van der Waals surface area (Å²) in [5.74, 6) is -1.99. The first kappa shape index (κ1) is 13.8. The highest BCUT2D eigenvalue weighted by Crippen LogP contribution is 2.28. The summed E-state index contributed by atoms with van der Waals surface area (Å²) in [5.41, 5.74) is 0.889. The van der Waals surface area contributed by atoms with Crippen molar-refractivity contribution in [2.45, 2.75) is 6.18 Å². The third kappa shape index (κ3) is 3.62. The highest BCUT2D eigenvalue weighted by atomic mass is 79.9. The molecule has 0 saturated heterocycles. The molecule has 94 valence electrons. The fraction of sp³-hybridized carbons (Fsp3) is 0.300. The van der Waals surface area contributed by atoms with Crippen LogP contribution < -0.4 is 10.2 Å². The third-order valence-electron chi connectivity index (χ3n) is 1.97. The van der Waals surface area contributed by atoms with Gasteiger partial charge in [-0.2, -0.15) is 13.2 Å². The third-order valence-corrected chi connectivity index (χ3v) is 2.63. The largest absolute Gasteiger partial charge is 0.471 e. The van der Waals surface area contributed by atoms with E-state index in [2.05, 4.69) is 15.9 Å². The molecule has 0 aliphatic carbocycles. The molecule has 0 bridgehead atoms. The molecule has 0 radical (unpaired) electrons. The smallest absolute Gasteiger partial charge is 0.378 e. The number of amides is 1. The monoisotopic (exact) mass is 310 g/mol. The second kappa shape index (κ2) is 4.95. The van der Waals surface area contributed by atoms with Crippen LogP contribution in [0.4, 0.5) is 24.5 Å². The van der Waals surface area contributed by atoms with E-state index >= 15 is 0 Å². The average molecular weight is 311 g/mol. The van der Waals surface area contributed by atoms with Crippen LogP contribution in [-0.4, -0.2) is 26.2 Å². The number of nitrogens with one attached hydrogen (secondary N) is 1. The van der Waals surface area contributed by atoms with Crippen LogP contribution >= 0.6 is 15.9 Å². The van der Waals surface area contributed by atoms with Gasteiger partial charge in [0.2, 0.25) is 0 Å². The minimum absolute atomic E-state index is 0.0814. The van der Waals surface area contributed by atoms with Gasteiger partial charge in [0.1, 0.15) is 0 Å². The number of nitrogens with zero attached hydrogens (tertiary/aromatic N) is 1. The van der Waals surface area contributed by atoms with Crippen LogP contribution in [0.15, 0.2) is 22.7 Å². The Bertz CT molecular complexity index is 432. The van der Waals surface area contributed by atoms with Gasteiger partial charge in [0.05, 0.1) is 5.69 Å². The summed E-state index contributed by atoms with van der Waals surface area (Å²) in [7, 11) is 3.60. The Morgan fingerprint density at radius 1 is 1.35 bits per heavy atom. The Hall–Kier alpha value is -1.24. The summed E-state index contributed by atoms with van der Waals surface area (Å²) in [4.78, 5) is 12.5. The summed E-state index contributed by atoms with van der Waals surface area (Å²) in [5, 5.41) is 1.79. The maximum absolute atomic E-state index is 12.0. The van der Waals surface area contributed by atoms with Crippen molar-refractivity contribution >= 4 is 33.2 Å². The molecule has 1 rings (SSSR count). The average Bonchev–Trinajstić information content (AvgIpc) is 2.19. The fourth-order valence-corrected chi connectivity index (χ4v) is 1.54. The van der Waals surface area contributed by atoms with E-state index in [1.165, 1.54) is 6.07 Å². The second-order valence-electron chi connectivity index (χ2n) is 3.51. The van der Waals surface area contributed by atoms with E-state index in [9.17, 15) is 18.0 Å². The number of alkyl halides is 3. The number of rotatable bonds is 2. The van der Waals surface area contributed by atoms with Crippen molar-refractivity contribution in [2.75, 3.05) is 24.3 Å². The number of benzene rings is 1. The van der Waals surface area contributed by atoms with Crippen LogP contribution in [0.2, 0.25) is 0 Å². The van der Waals surface area contributed by atoms with Gasteiger partial charge in [0, 0.05) is 24.3 Å². The maximum atomic E-state index is 12.0. The summed E-state index contributed by atoms with van der Waals surface area (Å²) in [6.07, 6.45) is -4.89. The van der Waals surface area contributed by atoms with E-state index < -0.39 is 12.1 Å². The maximum Gasteiger partial charge on any atom is 0.471 e. The highest BCUT2D eigenvalue weighted by molar-refractivity contribution is 9.10. The first-order valence-electron chi connectivity index (χ1n) is 4.57. The highest BCUT2D eigenvalue weighted by Gasteiger charge is 2.38. The van der Waals surface area contributed by atoms with E-state index in [0.717, 1.165) is 5.69 Å². The topological polar surface area (TPSA) is 32.3 Å². The van der Waals surface area contributed by atoms with Crippen LogP contribution in [-0.2, 0) is 4.79 Å². The zero-order valence-electron chi connectivity index (χ0n) is 9.10. The molecule has 1 N–H and O–H groups in total. The quantitative estimate of drug-likeness (QED) is 0.910. The SMILES string of the molecule is CN(C)c1ccc(NC(=O)C(F)(F)F)c(Br)c1. The van der Waals surface area contributed by atoms with Gasteiger partial charge in [-0.25, -0.2) is 0 Å². The number of hydrogen-bond acceptors (Lipinski definition) is 2. The number of halogens is 4. The van der Waals surface area contributed by atoms with E-state index in [-0.39, 0.29) is 5.69 Å². The minimum atomic E-state index is -4.89. The number of carbonyl (C=O) groups excluding carboxylic acids is 1. The summed E-state index contributed by atoms with van der Waals surface area (Å²) >= 11 is 3.10. The summed E-state index contributed by atoms with van der Waals surface area (Å²) < 4.78 is 36.5. The van der Waals surface area contributed by atoms with Crippen molar-refractivity contribution in [1.29, 1.82) is 0 Å². The van der Waals surface area contributed by atoms with Gasteiger partial charge < -0.3 is 10.2 Å². The Kier molecular flexibility index (Phi) is 4.03. The first-order chi connectivity index (χ1) is 7.71. The Morgan fingerprint density at radius 2 is 1.94 bits per heavy atom. The Morgan fingerprint density at radius 3 is 2.35 bits per heavy atom. The lowest BCUT2D eigenvalue weighted by Gasteiger charge is -2.15. The van der Waals surface area contributed by atoms with Gasteiger partial charge in [0.15, 0.2) is 0 Å². The normalized spacial score (nSPS) is 11.2. The zero-order valence-corrected chi connectivity index (χ0v) is 10.7. The molecule has 7 heteroatoms. The molecule has 0 fully saturated rings. The van der Waals surface area contributed by atoms with Crippen LogP contribution in [0.3, 0.4) is 0 Å². The molecule has 0 spiro atoms. The van der Waals surface area contributed by atoms with Crippen molar-refractivity contribution in [1.82, 2.24) is 0 Å². The molecular weight excluding hydrogens is 301 g/mol. The summed E-state index contributed by atoms with van der Waals surface area (Å²) in [6, 6.07) is 4.63. The predicted octanol–water partition coefficient (Wildman–Crippen LogP) is 3.02. The van der Waals surface area contributed by atoms with E-state index in [0.29, 0.717) is 4.47 Å². The minimum Gasteiger partial charge on any atom is -0.378 e. The number of carbonyl (C=O) groups is 1. The van der Waals surface area contributed by atoms with Gasteiger partial charge >= 0.3 is 12.1 Å². The molecule has 0 aliphatic heterocycles. The molecule has 0 saturated carbocycles. The second-order valence-corrected chi connectivity index (χ2v) is 4.36. The summed E-state index contributed by atoms with van der Waals surface area (Å²) in [6.45, 7) is 0. The molecule has 1 aromatic rings. The van der Waals surface area contributed by atoms with Gasteiger partial charge in [-0.15, -0.1) is 0 Å². The lowest BCUT2D eigenvalue weighted by atomic mass is 10.2. The van der Waals surface area contributed by atoms with Crippen LogP contribution in [0.25, 0.3) is 0 Å². The predicted molar refractivity (Wildman–Crippen MR) is 63.2 cm³/mol. The molecule has 0 heterocycles. The van der Waals surface area contributed by atoms with Gasteiger partial charge in [-0.1, -0.05) is 0 Å². The van der Waals surface area contributed by atoms with Crippen LogP contribution in [0.5, 0.6) is 0 Å². The van der Waals surface area contributed by atoms with Gasteiger partial charge in [-0.3, -0.25) is 4.79 Å². The molecule has 0 aromatic heterocycles. The van der Waals surface area contributed by atoms with Crippen molar-refractivity contribution < 1.29 is 18.0 Å². The molecule has 1 amide bonds. The van der Waals surface area contributed by atoms with Crippen LogP contribution in [0.1, 0.15) is 0 Å². The standard InChI is InChI=1S/C10H10BrF3N2O/c1-16(2)6-3-4-8(7(11)5-6)15-9(17)10(12,13)14/h3-5H,1-2H3,(H,15,17).